The molecule has 1 aromatic carbocycles. The molecule has 0 aliphatic carbocycles. The van der Waals surface area contributed by atoms with E-state index < -0.39 is 24.2 Å². The van der Waals surface area contributed by atoms with Crippen LogP contribution in [0.5, 0.6) is 5.75 Å². The summed E-state index contributed by atoms with van der Waals surface area (Å²) < 4.78 is 0. The number of benzene rings is 1. The zero-order valence-corrected chi connectivity index (χ0v) is 30.6. The number of phenolic OH excluding ortho intramolecular Hbond substituents is 1. The first-order valence-electron chi connectivity index (χ1n) is 16.9. The van der Waals surface area contributed by atoms with Gasteiger partial charge in [-0.2, -0.15) is 0 Å². The maximum Gasteiger partial charge on any atom is 0.245 e. The first-order chi connectivity index (χ1) is 21.4. The molecular weight excluding hydrogens is 582 g/mol. The van der Waals surface area contributed by atoms with E-state index in [2.05, 4.69) is 24.5 Å². The van der Waals surface area contributed by atoms with Crippen molar-refractivity contribution in [3.8, 4) is 5.75 Å². The predicted octanol–water partition coefficient (Wildman–Crippen LogP) is 4.30. The monoisotopic (exact) mass is 645 g/mol. The number of phenols is 1. The Balaban J connectivity index is 3.28. The molecule has 0 aliphatic heterocycles. The number of aromatic hydroxyl groups is 1. The Labute approximate surface area is 278 Å². The third-order valence-electron chi connectivity index (χ3n) is 8.41. The number of amides is 4. The normalized spacial score (nSPS) is 14.3. The second-order valence-electron chi connectivity index (χ2n) is 14.5. The van der Waals surface area contributed by atoms with Gasteiger partial charge in [-0.15, -0.1) is 0 Å². The molecule has 0 aromatic heterocycles. The molecule has 0 bridgehead atoms. The number of hydrogen-bond acceptors (Lipinski definition) is 6. The quantitative estimate of drug-likeness (QED) is 0.206. The number of nitrogens with one attached hydrogen (secondary N) is 2. The van der Waals surface area contributed by atoms with Crippen LogP contribution in [0.3, 0.4) is 0 Å². The van der Waals surface area contributed by atoms with Gasteiger partial charge in [0.15, 0.2) is 0 Å². The number of carbonyl (C=O) groups excluding carboxylic acids is 4. The first-order valence-corrected chi connectivity index (χ1v) is 16.9. The van der Waals surface area contributed by atoms with Crippen molar-refractivity contribution in [2.45, 2.75) is 112 Å². The van der Waals surface area contributed by atoms with Crippen LogP contribution in [0.4, 0.5) is 0 Å². The highest BCUT2D eigenvalue weighted by molar-refractivity contribution is 5.94. The van der Waals surface area contributed by atoms with Crippen molar-refractivity contribution in [2.24, 2.45) is 23.7 Å². The second-order valence-corrected chi connectivity index (χ2v) is 14.5. The number of nitrogens with zero attached hydrogens (tertiary/aromatic N) is 3. The van der Waals surface area contributed by atoms with Gasteiger partial charge in [0.2, 0.25) is 23.6 Å². The third-order valence-corrected chi connectivity index (χ3v) is 8.41. The van der Waals surface area contributed by atoms with E-state index in [0.717, 1.165) is 5.56 Å². The average Bonchev–Trinajstić information content (AvgIpc) is 2.98. The van der Waals surface area contributed by atoms with E-state index in [4.69, 9.17) is 0 Å². The van der Waals surface area contributed by atoms with Gasteiger partial charge in [-0.1, -0.05) is 67.5 Å². The maximum absolute atomic E-state index is 14.2. The molecule has 10 heteroatoms. The molecule has 4 atom stereocenters. The molecule has 4 amide bonds. The van der Waals surface area contributed by atoms with Crippen LogP contribution in [0.25, 0.3) is 0 Å². The molecular formula is C36H63N5O5. The summed E-state index contributed by atoms with van der Waals surface area (Å²) in [7, 11) is 6.73. The van der Waals surface area contributed by atoms with Gasteiger partial charge in [-0.05, 0) is 80.5 Å². The van der Waals surface area contributed by atoms with Gasteiger partial charge in [-0.3, -0.25) is 19.2 Å². The molecule has 262 valence electrons. The first kappa shape index (κ1) is 40.9. The van der Waals surface area contributed by atoms with Crippen LogP contribution >= 0.6 is 0 Å². The Morgan fingerprint density at radius 2 is 1.02 bits per heavy atom. The molecule has 0 unspecified atom stereocenters. The zero-order chi connectivity index (χ0) is 35.3. The lowest BCUT2D eigenvalue weighted by Gasteiger charge is -2.39. The SMILES string of the molecule is CN[C@@H](CC(C)C)C(=O)N(C)[C@@H](CC(C)C)C(=O)N(C)[C@@H](CC(C)C)C(=O)N(C)[C@@H](CC(C)C)C(=O)NCCc1ccc(O)cc1. The lowest BCUT2D eigenvalue weighted by atomic mass is 9.95. The maximum atomic E-state index is 14.2. The second kappa shape index (κ2) is 19.5. The van der Waals surface area contributed by atoms with Crippen LogP contribution in [0.15, 0.2) is 24.3 Å². The van der Waals surface area contributed by atoms with Crippen molar-refractivity contribution in [1.82, 2.24) is 25.3 Å². The number of carbonyl (C=O) groups is 4. The van der Waals surface area contributed by atoms with E-state index in [-0.39, 0.29) is 47.1 Å². The van der Waals surface area contributed by atoms with Crippen molar-refractivity contribution < 1.29 is 24.3 Å². The van der Waals surface area contributed by atoms with Crippen LogP contribution in [0, 0.1) is 23.7 Å². The Bertz CT molecular complexity index is 1100. The highest BCUT2D eigenvalue weighted by Gasteiger charge is 2.39. The minimum absolute atomic E-state index is 0.0999. The number of likely N-dealkylation sites (N-methyl/N-ethyl adjacent to an activating group) is 4. The zero-order valence-electron chi connectivity index (χ0n) is 30.6. The van der Waals surface area contributed by atoms with Crippen LogP contribution in [0.2, 0.25) is 0 Å². The van der Waals surface area contributed by atoms with Crippen LogP contribution < -0.4 is 10.6 Å². The molecule has 46 heavy (non-hydrogen) atoms. The van der Waals surface area contributed by atoms with Gasteiger partial charge < -0.3 is 30.4 Å². The Kier molecular flexibility index (Phi) is 17.3. The summed E-state index contributed by atoms with van der Waals surface area (Å²) in [5, 5.41) is 15.6. The molecule has 10 nitrogen and oxygen atoms in total. The van der Waals surface area contributed by atoms with Crippen molar-refractivity contribution in [3.63, 3.8) is 0 Å². The third kappa shape index (κ3) is 12.9. The number of hydrogen-bond donors (Lipinski definition) is 3. The standard InChI is InChI=1S/C36H63N5O5/c1-23(2)19-29(37-9)34(44)40(11)31(21-25(5)6)36(46)41(12)32(22-26(7)8)35(45)39(10)30(20-24(3)4)33(43)38-18-17-27-13-15-28(42)16-14-27/h13-16,23-26,29-32,37,42H,17-22H2,1-12H3,(H,38,43)/t29-,30-,31-,32-/m0/s1. The van der Waals surface area contributed by atoms with Crippen molar-refractivity contribution in [1.29, 1.82) is 0 Å². The Morgan fingerprint density at radius 1 is 0.630 bits per heavy atom. The summed E-state index contributed by atoms with van der Waals surface area (Å²) >= 11 is 0. The smallest absolute Gasteiger partial charge is 0.245 e. The molecule has 0 radical (unpaired) electrons. The van der Waals surface area contributed by atoms with Crippen molar-refractivity contribution >= 4 is 23.6 Å². The molecule has 0 heterocycles. The van der Waals surface area contributed by atoms with E-state index in [1.165, 1.54) is 9.80 Å². The fourth-order valence-electron chi connectivity index (χ4n) is 5.73. The molecule has 1 rings (SSSR count). The van der Waals surface area contributed by atoms with Gasteiger partial charge in [0.05, 0.1) is 6.04 Å². The summed E-state index contributed by atoms with van der Waals surface area (Å²) in [6, 6.07) is 4.19. The lowest BCUT2D eigenvalue weighted by Crippen LogP contribution is -2.59. The van der Waals surface area contributed by atoms with Crippen LogP contribution in [0.1, 0.15) is 86.6 Å². The minimum Gasteiger partial charge on any atom is -0.508 e. The lowest BCUT2D eigenvalue weighted by molar-refractivity contribution is -0.153. The molecule has 0 fully saturated rings. The molecule has 3 N–H and O–H groups in total. The molecule has 0 saturated carbocycles. The summed E-state index contributed by atoms with van der Waals surface area (Å²) in [4.78, 5) is 60.1. The van der Waals surface area contributed by atoms with E-state index in [1.54, 1.807) is 45.2 Å². The summed E-state index contributed by atoms with van der Waals surface area (Å²) in [6.07, 6.45) is 2.57. The van der Waals surface area contributed by atoms with E-state index in [0.29, 0.717) is 44.6 Å². The minimum atomic E-state index is -0.800. The molecule has 0 saturated heterocycles. The molecule has 0 aliphatic rings. The van der Waals surface area contributed by atoms with Crippen molar-refractivity contribution in [2.75, 3.05) is 34.7 Å². The van der Waals surface area contributed by atoms with E-state index in [1.807, 2.05) is 53.7 Å². The van der Waals surface area contributed by atoms with E-state index in [9.17, 15) is 24.3 Å². The fourth-order valence-corrected chi connectivity index (χ4v) is 5.73. The predicted molar refractivity (Wildman–Crippen MR) is 185 cm³/mol. The highest BCUT2D eigenvalue weighted by atomic mass is 16.3. The van der Waals surface area contributed by atoms with Crippen LogP contribution in [-0.4, -0.2) is 102 Å². The van der Waals surface area contributed by atoms with Gasteiger partial charge >= 0.3 is 0 Å². The Morgan fingerprint density at radius 3 is 1.43 bits per heavy atom. The molecule has 1 aromatic rings. The highest BCUT2D eigenvalue weighted by Crippen LogP contribution is 2.22. The summed E-state index contributed by atoms with van der Waals surface area (Å²) in [5.74, 6) is -0.103. The summed E-state index contributed by atoms with van der Waals surface area (Å²) in [6.45, 7) is 16.6. The van der Waals surface area contributed by atoms with E-state index >= 15 is 0 Å². The largest absolute Gasteiger partial charge is 0.508 e. The van der Waals surface area contributed by atoms with Gasteiger partial charge in [0, 0.05) is 27.7 Å². The van der Waals surface area contributed by atoms with Gasteiger partial charge in [0.25, 0.3) is 0 Å². The summed E-state index contributed by atoms with van der Waals surface area (Å²) in [5.41, 5.74) is 0.977. The fraction of sp³-hybridized carbons (Fsp3) is 0.722. The van der Waals surface area contributed by atoms with Crippen molar-refractivity contribution in [3.05, 3.63) is 29.8 Å². The molecule has 0 spiro atoms. The number of rotatable bonds is 19. The van der Waals surface area contributed by atoms with Gasteiger partial charge in [0.1, 0.15) is 23.9 Å². The Hall–Kier alpha value is -3.14. The topological polar surface area (TPSA) is 122 Å². The average molecular weight is 646 g/mol. The van der Waals surface area contributed by atoms with Gasteiger partial charge in [-0.25, -0.2) is 0 Å². The van der Waals surface area contributed by atoms with Crippen LogP contribution in [-0.2, 0) is 25.6 Å².